The minimum atomic E-state index is -4.78. The summed E-state index contributed by atoms with van der Waals surface area (Å²) < 4.78 is 71.6. The Morgan fingerprint density at radius 1 is 1.12 bits per heavy atom. The Kier molecular flexibility index (Phi) is 7.78. The summed E-state index contributed by atoms with van der Waals surface area (Å²) >= 11 is 5.84. The largest absolute Gasteiger partial charge is 0.483 e. The lowest BCUT2D eigenvalue weighted by Gasteiger charge is -2.20. The molecule has 2 aromatic carbocycles. The van der Waals surface area contributed by atoms with E-state index in [2.05, 4.69) is 15.2 Å². The molecule has 0 unspecified atom stereocenters. The van der Waals surface area contributed by atoms with E-state index in [9.17, 15) is 31.5 Å². The number of hydrogen-bond acceptors (Lipinski definition) is 4. The highest BCUT2D eigenvalue weighted by Gasteiger charge is 2.30. The summed E-state index contributed by atoms with van der Waals surface area (Å²) in [5.41, 5.74) is -1.35. The number of hydrazone groups is 1. The third-order valence-corrected chi connectivity index (χ3v) is 4.03. The molecular weight excluding hydrogens is 461 g/mol. The predicted molar refractivity (Wildman–Crippen MR) is 109 cm³/mol. The van der Waals surface area contributed by atoms with Gasteiger partial charge in [-0.1, -0.05) is 17.7 Å². The normalized spacial score (nSPS) is 11.0. The van der Waals surface area contributed by atoms with Gasteiger partial charge in [-0.15, -0.1) is 0 Å². The topological polar surface area (TPSA) is 71.0 Å². The van der Waals surface area contributed by atoms with Gasteiger partial charge in [-0.25, -0.2) is 8.78 Å². The molecule has 0 aromatic heterocycles. The number of ether oxygens (including phenoxy) is 1. The molecule has 1 N–H and O–H groups in total. The Labute approximate surface area is 184 Å². The minimum Gasteiger partial charge on any atom is -0.483 e. The molecule has 32 heavy (non-hydrogen) atoms. The molecule has 0 aliphatic heterocycles. The predicted octanol–water partition coefficient (Wildman–Crippen LogP) is 5.56. The van der Waals surface area contributed by atoms with E-state index in [1.165, 1.54) is 26.0 Å². The molecule has 2 amide bonds. The van der Waals surface area contributed by atoms with Crippen molar-refractivity contribution in [3.05, 3.63) is 52.6 Å². The number of halogens is 6. The molecule has 0 spiro atoms. The highest BCUT2D eigenvalue weighted by molar-refractivity contribution is 6.34. The van der Waals surface area contributed by atoms with Crippen LogP contribution in [0.3, 0.4) is 0 Å². The molecule has 2 rings (SSSR count). The van der Waals surface area contributed by atoms with Gasteiger partial charge in [0.2, 0.25) is 5.91 Å². The van der Waals surface area contributed by atoms with Crippen LogP contribution in [0.15, 0.2) is 35.4 Å². The Bertz CT molecular complexity index is 1050. The number of nitrogens with one attached hydrogen (secondary N) is 1. The fraction of sp³-hybridized carbons (Fsp3) is 0.250. The van der Waals surface area contributed by atoms with E-state index in [4.69, 9.17) is 11.6 Å². The molecule has 0 saturated heterocycles. The quantitative estimate of drug-likeness (QED) is 0.336. The standard InChI is InChI=1S/C20H17ClF5N3O3/c1-10(2)28-29(11(3)30)16-8-17(32-9-20(24,25)26)12(7-15(16)23)19(31)27-18-13(21)5-4-6-14(18)22/h4-8H,9H2,1-3H3,(H,27,31). The van der Waals surface area contributed by atoms with Crippen LogP contribution in [0.1, 0.15) is 31.1 Å². The van der Waals surface area contributed by atoms with E-state index in [0.717, 1.165) is 19.1 Å². The number of hydrogen-bond donors (Lipinski definition) is 1. The fourth-order valence-corrected chi connectivity index (χ4v) is 2.66. The van der Waals surface area contributed by atoms with Crippen molar-refractivity contribution in [2.45, 2.75) is 26.9 Å². The first-order chi connectivity index (χ1) is 14.8. The van der Waals surface area contributed by atoms with E-state index in [0.29, 0.717) is 16.8 Å². The van der Waals surface area contributed by atoms with Gasteiger partial charge in [0.05, 0.1) is 16.3 Å². The lowest BCUT2D eigenvalue weighted by molar-refractivity contribution is -0.153. The zero-order valence-electron chi connectivity index (χ0n) is 17.0. The molecule has 0 bridgehead atoms. The van der Waals surface area contributed by atoms with E-state index < -0.39 is 58.9 Å². The SMILES string of the molecule is CC(=O)N(N=C(C)C)c1cc(OCC(F)(F)F)c(C(=O)Nc2c(F)cccc2Cl)cc1F. The number of anilines is 2. The molecule has 0 aliphatic rings. The lowest BCUT2D eigenvalue weighted by atomic mass is 10.1. The van der Waals surface area contributed by atoms with Crippen LogP contribution in [0.4, 0.5) is 33.3 Å². The van der Waals surface area contributed by atoms with Gasteiger partial charge in [-0.3, -0.25) is 9.59 Å². The molecule has 0 radical (unpaired) electrons. The van der Waals surface area contributed by atoms with Crippen molar-refractivity contribution in [2.75, 3.05) is 16.9 Å². The Balaban J connectivity index is 2.58. The maximum Gasteiger partial charge on any atom is 0.422 e. The lowest BCUT2D eigenvalue weighted by Crippen LogP contribution is -2.26. The molecule has 0 aliphatic carbocycles. The minimum absolute atomic E-state index is 0.191. The highest BCUT2D eigenvalue weighted by atomic mass is 35.5. The van der Waals surface area contributed by atoms with E-state index in [1.807, 2.05) is 0 Å². The molecule has 0 heterocycles. The van der Waals surface area contributed by atoms with Gasteiger partial charge < -0.3 is 10.1 Å². The molecule has 0 atom stereocenters. The third kappa shape index (κ3) is 6.39. The van der Waals surface area contributed by atoms with Gasteiger partial charge in [-0.2, -0.15) is 23.3 Å². The number of nitrogens with zero attached hydrogens (tertiary/aromatic N) is 2. The Morgan fingerprint density at radius 3 is 2.31 bits per heavy atom. The number of amides is 2. The second kappa shape index (κ2) is 9.94. The van der Waals surface area contributed by atoms with Gasteiger partial charge in [-0.05, 0) is 32.0 Å². The number of benzene rings is 2. The maximum absolute atomic E-state index is 14.8. The maximum atomic E-state index is 14.8. The molecule has 0 saturated carbocycles. The zero-order valence-corrected chi connectivity index (χ0v) is 17.7. The molecule has 0 fully saturated rings. The van der Waals surface area contributed by atoms with Crippen molar-refractivity contribution in [2.24, 2.45) is 5.10 Å². The zero-order chi connectivity index (χ0) is 24.2. The van der Waals surface area contributed by atoms with Gasteiger partial charge in [0, 0.05) is 18.7 Å². The van der Waals surface area contributed by atoms with Crippen molar-refractivity contribution in [3.63, 3.8) is 0 Å². The fourth-order valence-electron chi connectivity index (χ4n) is 2.45. The summed E-state index contributed by atoms with van der Waals surface area (Å²) in [6.07, 6.45) is -4.78. The molecule has 172 valence electrons. The van der Waals surface area contributed by atoms with Crippen LogP contribution in [0, 0.1) is 11.6 Å². The average Bonchev–Trinajstić information content (AvgIpc) is 2.67. The van der Waals surface area contributed by atoms with Gasteiger partial charge in [0.25, 0.3) is 5.91 Å². The van der Waals surface area contributed by atoms with Crippen LogP contribution in [-0.2, 0) is 4.79 Å². The highest BCUT2D eigenvalue weighted by Crippen LogP contribution is 2.33. The molecule has 2 aromatic rings. The number of rotatable bonds is 6. The van der Waals surface area contributed by atoms with E-state index in [-0.39, 0.29) is 5.02 Å². The van der Waals surface area contributed by atoms with Crippen molar-refractivity contribution >= 4 is 40.5 Å². The first kappa shape index (κ1) is 25.1. The summed E-state index contributed by atoms with van der Waals surface area (Å²) in [5.74, 6) is -4.73. The third-order valence-electron chi connectivity index (χ3n) is 3.71. The first-order valence-electron chi connectivity index (χ1n) is 8.91. The van der Waals surface area contributed by atoms with Crippen LogP contribution in [0.5, 0.6) is 5.75 Å². The summed E-state index contributed by atoms with van der Waals surface area (Å²) in [7, 11) is 0. The second-order valence-electron chi connectivity index (χ2n) is 6.63. The monoisotopic (exact) mass is 477 g/mol. The second-order valence-corrected chi connectivity index (χ2v) is 7.04. The average molecular weight is 478 g/mol. The number of carbonyl (C=O) groups is 2. The molecule has 12 heteroatoms. The van der Waals surface area contributed by atoms with Crippen LogP contribution in [-0.4, -0.2) is 30.3 Å². The molecular formula is C20H17ClF5N3O3. The summed E-state index contributed by atoms with van der Waals surface area (Å²) in [4.78, 5) is 24.5. The van der Waals surface area contributed by atoms with E-state index in [1.54, 1.807) is 0 Å². The Hall–Kier alpha value is -3.21. The Morgan fingerprint density at radius 2 is 1.78 bits per heavy atom. The van der Waals surface area contributed by atoms with Crippen LogP contribution < -0.4 is 15.1 Å². The van der Waals surface area contributed by atoms with Gasteiger partial charge in [0.1, 0.15) is 23.1 Å². The van der Waals surface area contributed by atoms with Crippen molar-refractivity contribution < 1.29 is 36.3 Å². The van der Waals surface area contributed by atoms with Gasteiger partial charge in [0.15, 0.2) is 6.61 Å². The van der Waals surface area contributed by atoms with Crippen molar-refractivity contribution in [1.29, 1.82) is 0 Å². The van der Waals surface area contributed by atoms with Crippen molar-refractivity contribution in [1.82, 2.24) is 0 Å². The summed E-state index contributed by atoms with van der Waals surface area (Å²) in [6, 6.07) is 4.81. The molecule has 6 nitrogen and oxygen atoms in total. The first-order valence-corrected chi connectivity index (χ1v) is 9.29. The number of carbonyl (C=O) groups excluding carboxylic acids is 2. The van der Waals surface area contributed by atoms with Crippen LogP contribution in [0.2, 0.25) is 5.02 Å². The number of alkyl halides is 3. The van der Waals surface area contributed by atoms with Gasteiger partial charge >= 0.3 is 6.18 Å². The number of para-hydroxylation sites is 1. The van der Waals surface area contributed by atoms with Crippen LogP contribution in [0.25, 0.3) is 0 Å². The van der Waals surface area contributed by atoms with Crippen LogP contribution >= 0.6 is 11.6 Å². The summed E-state index contributed by atoms with van der Waals surface area (Å²) in [5, 5.41) is 6.34. The summed E-state index contributed by atoms with van der Waals surface area (Å²) in [6.45, 7) is 2.27. The van der Waals surface area contributed by atoms with Crippen molar-refractivity contribution in [3.8, 4) is 5.75 Å². The smallest absolute Gasteiger partial charge is 0.422 e. The van der Waals surface area contributed by atoms with E-state index >= 15 is 0 Å².